The van der Waals surface area contributed by atoms with Gasteiger partial charge in [0.15, 0.2) is 11.5 Å². The third-order valence-electron chi connectivity index (χ3n) is 2.20. The summed E-state index contributed by atoms with van der Waals surface area (Å²) in [6, 6.07) is 3.05. The number of ether oxygens (including phenoxy) is 2. The number of hydrogen-bond acceptors (Lipinski definition) is 4. The molecular formula is C12H15ClO4. The Balaban J connectivity index is 2.88. The molecule has 0 heterocycles. The molecule has 0 atom stereocenters. The molecule has 17 heavy (non-hydrogen) atoms. The Morgan fingerprint density at radius 1 is 1.41 bits per heavy atom. The van der Waals surface area contributed by atoms with E-state index in [2.05, 4.69) is 0 Å². The Labute approximate surface area is 105 Å². The maximum atomic E-state index is 10.4. The van der Waals surface area contributed by atoms with E-state index < -0.39 is 0 Å². The lowest BCUT2D eigenvalue weighted by atomic mass is 10.1. The Hall–Kier alpha value is -1.42. The highest BCUT2D eigenvalue weighted by molar-refractivity contribution is 6.17. The van der Waals surface area contributed by atoms with Gasteiger partial charge in [0.25, 0.3) is 0 Å². The fraction of sp³-hybridized carbons (Fsp3) is 0.417. The number of benzene rings is 1. The van der Waals surface area contributed by atoms with Crippen LogP contribution in [0.4, 0.5) is 0 Å². The van der Waals surface area contributed by atoms with Crippen molar-refractivity contribution in [3.8, 4) is 17.2 Å². The Morgan fingerprint density at radius 2 is 2.18 bits per heavy atom. The molecule has 1 aromatic rings. The third kappa shape index (κ3) is 3.82. The molecule has 0 bridgehead atoms. The van der Waals surface area contributed by atoms with E-state index in [0.717, 1.165) is 6.29 Å². The zero-order valence-corrected chi connectivity index (χ0v) is 10.4. The first-order valence-electron chi connectivity index (χ1n) is 5.25. The van der Waals surface area contributed by atoms with Crippen LogP contribution in [0.5, 0.6) is 17.2 Å². The standard InChI is InChI=1S/C12H15ClO4/c1-16-11-7-9(3-5-14)10(15)8-12(11)17-6-2-4-13/h5,7-8,15H,2-4,6H2,1H3. The predicted octanol–water partition coefficient (Wildman–Crippen LogP) is 2.15. The van der Waals surface area contributed by atoms with E-state index in [1.807, 2.05) is 0 Å². The number of hydrogen-bond donors (Lipinski definition) is 1. The van der Waals surface area contributed by atoms with E-state index in [0.29, 0.717) is 36.0 Å². The van der Waals surface area contributed by atoms with E-state index >= 15 is 0 Å². The SMILES string of the molecule is COc1cc(CC=O)c(O)cc1OCCCCl. The molecule has 0 radical (unpaired) electrons. The number of rotatable bonds is 7. The second-order valence-corrected chi connectivity index (χ2v) is 3.77. The van der Waals surface area contributed by atoms with Gasteiger partial charge in [-0.2, -0.15) is 0 Å². The van der Waals surface area contributed by atoms with Gasteiger partial charge < -0.3 is 19.4 Å². The summed E-state index contributed by atoms with van der Waals surface area (Å²) < 4.78 is 10.6. The molecule has 0 unspecified atom stereocenters. The molecule has 1 aromatic carbocycles. The molecular weight excluding hydrogens is 244 g/mol. The van der Waals surface area contributed by atoms with Gasteiger partial charge in [0.05, 0.1) is 13.7 Å². The predicted molar refractivity (Wildman–Crippen MR) is 65.3 cm³/mol. The van der Waals surface area contributed by atoms with Crippen LogP contribution in [0.2, 0.25) is 0 Å². The van der Waals surface area contributed by atoms with E-state index in [-0.39, 0.29) is 12.2 Å². The number of phenols is 1. The highest BCUT2D eigenvalue weighted by Crippen LogP contribution is 2.34. The lowest BCUT2D eigenvalue weighted by Crippen LogP contribution is -2.01. The van der Waals surface area contributed by atoms with Crippen molar-refractivity contribution in [3.05, 3.63) is 17.7 Å². The van der Waals surface area contributed by atoms with E-state index in [1.54, 1.807) is 6.07 Å². The molecule has 0 saturated heterocycles. The van der Waals surface area contributed by atoms with Crippen LogP contribution in [0.3, 0.4) is 0 Å². The van der Waals surface area contributed by atoms with Crippen molar-refractivity contribution in [2.45, 2.75) is 12.8 Å². The topological polar surface area (TPSA) is 55.8 Å². The van der Waals surface area contributed by atoms with Crippen molar-refractivity contribution in [1.82, 2.24) is 0 Å². The summed E-state index contributed by atoms with van der Waals surface area (Å²) in [5.74, 6) is 1.48. The van der Waals surface area contributed by atoms with Gasteiger partial charge in [-0.05, 0) is 12.5 Å². The van der Waals surface area contributed by atoms with Crippen molar-refractivity contribution in [1.29, 1.82) is 0 Å². The minimum absolute atomic E-state index is 0.0266. The Kier molecular flexibility index (Phi) is 5.63. The number of halogens is 1. The van der Waals surface area contributed by atoms with Crippen LogP contribution in [0.1, 0.15) is 12.0 Å². The molecule has 0 fully saturated rings. The quantitative estimate of drug-likeness (QED) is 0.463. The molecule has 1 N–H and O–H groups in total. The number of carbonyl (C=O) groups is 1. The van der Waals surface area contributed by atoms with E-state index in [1.165, 1.54) is 13.2 Å². The summed E-state index contributed by atoms with van der Waals surface area (Å²) in [5, 5.41) is 9.68. The Morgan fingerprint density at radius 3 is 2.76 bits per heavy atom. The van der Waals surface area contributed by atoms with Crippen LogP contribution in [0, 0.1) is 0 Å². The number of alkyl halides is 1. The van der Waals surface area contributed by atoms with Gasteiger partial charge in [0, 0.05) is 23.9 Å². The van der Waals surface area contributed by atoms with Gasteiger partial charge in [0.2, 0.25) is 0 Å². The first kappa shape index (κ1) is 13.6. The summed E-state index contributed by atoms with van der Waals surface area (Å²) in [7, 11) is 1.51. The molecule has 4 nitrogen and oxygen atoms in total. The van der Waals surface area contributed by atoms with Crippen LogP contribution in [-0.2, 0) is 11.2 Å². The number of carbonyl (C=O) groups excluding carboxylic acids is 1. The second kappa shape index (κ2) is 7.01. The summed E-state index contributed by atoms with van der Waals surface area (Å²) >= 11 is 5.54. The first-order chi connectivity index (χ1) is 8.22. The lowest BCUT2D eigenvalue weighted by Gasteiger charge is -2.12. The number of methoxy groups -OCH3 is 1. The van der Waals surface area contributed by atoms with Crippen LogP contribution in [-0.4, -0.2) is 31.0 Å². The second-order valence-electron chi connectivity index (χ2n) is 3.39. The first-order valence-corrected chi connectivity index (χ1v) is 5.78. The van der Waals surface area contributed by atoms with Crippen LogP contribution >= 0.6 is 11.6 Å². The van der Waals surface area contributed by atoms with Gasteiger partial charge in [-0.15, -0.1) is 11.6 Å². The minimum atomic E-state index is 0.0266. The van der Waals surface area contributed by atoms with Crippen molar-refractivity contribution in [3.63, 3.8) is 0 Å². The van der Waals surface area contributed by atoms with Crippen molar-refractivity contribution < 1.29 is 19.4 Å². The van der Waals surface area contributed by atoms with Gasteiger partial charge in [-0.25, -0.2) is 0 Å². The molecule has 1 rings (SSSR count). The third-order valence-corrected chi connectivity index (χ3v) is 2.47. The summed E-state index contributed by atoms with van der Waals surface area (Å²) in [6.07, 6.45) is 1.58. The number of aldehydes is 1. The zero-order valence-electron chi connectivity index (χ0n) is 9.61. The summed E-state index contributed by atoms with van der Waals surface area (Å²) in [4.78, 5) is 10.4. The molecule has 0 aliphatic rings. The Bertz CT molecular complexity index is 379. The van der Waals surface area contributed by atoms with Gasteiger partial charge >= 0.3 is 0 Å². The van der Waals surface area contributed by atoms with Gasteiger partial charge in [-0.1, -0.05) is 0 Å². The minimum Gasteiger partial charge on any atom is -0.508 e. The maximum absolute atomic E-state index is 10.4. The monoisotopic (exact) mass is 258 g/mol. The molecule has 94 valence electrons. The fourth-order valence-electron chi connectivity index (χ4n) is 1.35. The lowest BCUT2D eigenvalue weighted by molar-refractivity contribution is -0.107. The normalized spacial score (nSPS) is 10.0. The van der Waals surface area contributed by atoms with Crippen molar-refractivity contribution in [2.75, 3.05) is 19.6 Å². The van der Waals surface area contributed by atoms with Crippen molar-refractivity contribution >= 4 is 17.9 Å². The molecule has 0 spiro atoms. The molecule has 0 saturated carbocycles. The maximum Gasteiger partial charge on any atom is 0.164 e. The number of phenolic OH excluding ortho intramolecular Hbond substituents is 1. The molecule has 0 aliphatic carbocycles. The van der Waals surface area contributed by atoms with Crippen molar-refractivity contribution in [2.24, 2.45) is 0 Å². The van der Waals surface area contributed by atoms with Gasteiger partial charge in [0.1, 0.15) is 12.0 Å². The zero-order chi connectivity index (χ0) is 12.7. The van der Waals surface area contributed by atoms with E-state index in [4.69, 9.17) is 21.1 Å². The molecule has 5 heteroatoms. The van der Waals surface area contributed by atoms with Crippen LogP contribution in [0.15, 0.2) is 12.1 Å². The number of aromatic hydroxyl groups is 1. The molecule has 0 amide bonds. The summed E-state index contributed by atoms with van der Waals surface area (Å²) in [6.45, 7) is 0.451. The molecule has 0 aliphatic heterocycles. The smallest absolute Gasteiger partial charge is 0.164 e. The summed E-state index contributed by atoms with van der Waals surface area (Å²) in [5.41, 5.74) is 0.515. The average Bonchev–Trinajstić information content (AvgIpc) is 2.33. The largest absolute Gasteiger partial charge is 0.508 e. The van der Waals surface area contributed by atoms with Gasteiger partial charge in [-0.3, -0.25) is 0 Å². The molecule has 0 aromatic heterocycles. The fourth-order valence-corrected chi connectivity index (χ4v) is 1.46. The highest BCUT2D eigenvalue weighted by atomic mass is 35.5. The van der Waals surface area contributed by atoms with Crippen LogP contribution in [0.25, 0.3) is 0 Å². The highest BCUT2D eigenvalue weighted by Gasteiger charge is 2.10. The van der Waals surface area contributed by atoms with Crippen LogP contribution < -0.4 is 9.47 Å². The average molecular weight is 259 g/mol. The van der Waals surface area contributed by atoms with E-state index in [9.17, 15) is 9.90 Å².